The summed E-state index contributed by atoms with van der Waals surface area (Å²) in [6.07, 6.45) is 22.1. The number of aryl methyl sites for hydroxylation is 2. The first kappa shape index (κ1) is 28.1. The molecule has 0 heterocycles. The summed E-state index contributed by atoms with van der Waals surface area (Å²) in [4.78, 5) is 12.7. The molecule has 0 amide bonds. The van der Waals surface area contributed by atoms with Crippen molar-refractivity contribution in [1.29, 1.82) is 0 Å². The minimum atomic E-state index is 0.211. The topological polar surface area (TPSA) is 17.1 Å². The third kappa shape index (κ3) is 8.03. The van der Waals surface area contributed by atoms with E-state index >= 15 is 0 Å². The van der Waals surface area contributed by atoms with Gasteiger partial charge in [-0.15, -0.1) is 0 Å². The van der Waals surface area contributed by atoms with Crippen LogP contribution >= 0.6 is 0 Å². The Hall–Kier alpha value is -2.93. The smallest absolute Gasteiger partial charge is 0.156 e. The van der Waals surface area contributed by atoms with Gasteiger partial charge in [0.1, 0.15) is 0 Å². The van der Waals surface area contributed by atoms with Crippen LogP contribution in [0.5, 0.6) is 0 Å². The van der Waals surface area contributed by atoms with Crippen LogP contribution < -0.4 is 0 Å². The molecule has 1 heteroatoms. The average Bonchev–Trinajstić information content (AvgIpc) is 3.07. The number of fused-ring (bicyclic) bond motifs is 1. The fraction of sp³-hybridized carbons (Fsp3) is 0.432. The third-order valence-corrected chi connectivity index (χ3v) is 8.56. The Bertz CT molecular complexity index is 1160. The number of hydrogen-bond acceptors (Lipinski definition) is 1. The Balaban J connectivity index is 1.38. The fourth-order valence-electron chi connectivity index (χ4n) is 6.13. The summed E-state index contributed by atoms with van der Waals surface area (Å²) in [6.45, 7) is 6.95. The molecular weight excluding hydrogens is 460 g/mol. The summed E-state index contributed by atoms with van der Waals surface area (Å²) in [5.74, 6) is 1.60. The highest BCUT2D eigenvalue weighted by Crippen LogP contribution is 2.39. The van der Waals surface area contributed by atoms with Gasteiger partial charge in [-0.3, -0.25) is 4.79 Å². The first-order valence-corrected chi connectivity index (χ1v) is 15.0. The molecule has 0 saturated heterocycles. The lowest BCUT2D eigenvalue weighted by Crippen LogP contribution is -2.16. The van der Waals surface area contributed by atoms with Gasteiger partial charge in [0.25, 0.3) is 0 Å². The zero-order valence-electron chi connectivity index (χ0n) is 23.8. The molecule has 0 bridgehead atoms. The molecule has 0 aromatic heterocycles. The molecule has 0 fully saturated rings. The van der Waals surface area contributed by atoms with Crippen molar-refractivity contribution in [2.45, 2.75) is 90.9 Å². The predicted octanol–water partition coefficient (Wildman–Crippen LogP) is 9.90. The molecule has 2 aromatic carbocycles. The molecule has 2 aromatic rings. The van der Waals surface area contributed by atoms with Gasteiger partial charge in [-0.1, -0.05) is 125 Å². The van der Waals surface area contributed by atoms with Crippen molar-refractivity contribution < 1.29 is 4.79 Å². The molecule has 2 aliphatic carbocycles. The van der Waals surface area contributed by atoms with E-state index in [0.29, 0.717) is 12.3 Å². The summed E-state index contributed by atoms with van der Waals surface area (Å²) >= 11 is 0. The maximum atomic E-state index is 12.7. The zero-order valence-corrected chi connectivity index (χ0v) is 23.8. The standard InChI is InChI=1S/C37H46O/c1-4-10-28(2)11-8-12-30-17-20-32(21-18-30)22-19-31-13-9-16-34-24-25-35(38)27-37(36(34)26-23-31)29(3)33-14-6-5-7-15-33/h5-7,13-18,20-21,24-26,28-29,37H,4,8-12,19,22-23,27H2,1-3H3. The van der Waals surface area contributed by atoms with Crippen LogP contribution in [-0.2, 0) is 17.6 Å². The van der Waals surface area contributed by atoms with Gasteiger partial charge in [0.2, 0.25) is 0 Å². The molecule has 200 valence electrons. The highest BCUT2D eigenvalue weighted by atomic mass is 16.1. The lowest BCUT2D eigenvalue weighted by molar-refractivity contribution is -0.115. The number of ketones is 1. The van der Waals surface area contributed by atoms with Crippen molar-refractivity contribution in [3.8, 4) is 0 Å². The second kappa shape index (κ2) is 14.3. The van der Waals surface area contributed by atoms with Gasteiger partial charge in [0.05, 0.1) is 0 Å². The Kier molecular flexibility index (Phi) is 10.6. The van der Waals surface area contributed by atoms with E-state index in [9.17, 15) is 4.79 Å². The van der Waals surface area contributed by atoms with Crippen LogP contribution in [0.1, 0.15) is 94.7 Å². The number of allylic oxidation sites excluding steroid dienone is 8. The molecular formula is C37H46O. The minimum Gasteiger partial charge on any atom is -0.295 e. The predicted molar refractivity (Wildman–Crippen MR) is 162 cm³/mol. The summed E-state index contributed by atoms with van der Waals surface area (Å²) in [7, 11) is 0. The van der Waals surface area contributed by atoms with E-state index in [1.54, 1.807) is 6.08 Å². The molecule has 2 aliphatic rings. The van der Waals surface area contributed by atoms with Gasteiger partial charge in [-0.25, -0.2) is 0 Å². The largest absolute Gasteiger partial charge is 0.295 e. The van der Waals surface area contributed by atoms with Crippen LogP contribution in [0.15, 0.2) is 102 Å². The fourth-order valence-corrected chi connectivity index (χ4v) is 6.13. The number of carbonyl (C=O) groups excluding carboxylic acids is 1. The van der Waals surface area contributed by atoms with Crippen LogP contribution in [0.3, 0.4) is 0 Å². The number of carbonyl (C=O) groups is 1. The van der Waals surface area contributed by atoms with Crippen molar-refractivity contribution in [1.82, 2.24) is 0 Å². The Labute approximate surface area is 231 Å². The summed E-state index contributed by atoms with van der Waals surface area (Å²) in [5.41, 5.74) is 8.31. The van der Waals surface area contributed by atoms with E-state index in [0.717, 1.165) is 31.6 Å². The molecule has 0 spiro atoms. The van der Waals surface area contributed by atoms with Crippen LogP contribution in [0, 0.1) is 11.8 Å². The highest BCUT2D eigenvalue weighted by molar-refractivity contribution is 5.92. The van der Waals surface area contributed by atoms with E-state index in [-0.39, 0.29) is 11.7 Å². The van der Waals surface area contributed by atoms with Crippen molar-refractivity contribution in [3.63, 3.8) is 0 Å². The molecule has 1 nitrogen and oxygen atoms in total. The van der Waals surface area contributed by atoms with Crippen molar-refractivity contribution in [2.75, 3.05) is 0 Å². The number of rotatable bonds is 11. The monoisotopic (exact) mass is 506 g/mol. The van der Waals surface area contributed by atoms with E-state index in [1.807, 2.05) is 0 Å². The normalized spacial score (nSPS) is 19.3. The second-order valence-electron chi connectivity index (χ2n) is 11.5. The Morgan fingerprint density at radius 1 is 0.816 bits per heavy atom. The van der Waals surface area contributed by atoms with Crippen LogP contribution in [0.4, 0.5) is 0 Å². The first-order valence-electron chi connectivity index (χ1n) is 15.0. The van der Waals surface area contributed by atoms with Crippen molar-refractivity contribution in [3.05, 3.63) is 118 Å². The lowest BCUT2D eigenvalue weighted by atomic mass is 9.77. The zero-order chi connectivity index (χ0) is 26.7. The number of hydrogen-bond donors (Lipinski definition) is 0. The van der Waals surface area contributed by atoms with E-state index < -0.39 is 0 Å². The van der Waals surface area contributed by atoms with Gasteiger partial charge in [-0.2, -0.15) is 0 Å². The van der Waals surface area contributed by atoms with Gasteiger partial charge in [0.15, 0.2) is 5.78 Å². The molecule has 38 heavy (non-hydrogen) atoms. The molecule has 3 atom stereocenters. The van der Waals surface area contributed by atoms with Crippen molar-refractivity contribution in [2.24, 2.45) is 11.8 Å². The first-order chi connectivity index (χ1) is 18.5. The SMILES string of the molecule is CCCC(C)CCCc1ccc(CCC2=CCC=C3C=CC(=O)CC(C(C)c4ccccc4)C3=CC2)cc1. The summed E-state index contributed by atoms with van der Waals surface area (Å²) < 4.78 is 0. The quantitative estimate of drug-likeness (QED) is 0.277. The third-order valence-electron chi connectivity index (χ3n) is 8.56. The van der Waals surface area contributed by atoms with E-state index in [2.05, 4.69) is 99.7 Å². The maximum Gasteiger partial charge on any atom is 0.156 e. The van der Waals surface area contributed by atoms with Crippen LogP contribution in [-0.4, -0.2) is 5.78 Å². The summed E-state index contributed by atoms with van der Waals surface area (Å²) in [6, 6.07) is 20.0. The summed E-state index contributed by atoms with van der Waals surface area (Å²) in [5, 5.41) is 0. The highest BCUT2D eigenvalue weighted by Gasteiger charge is 2.28. The molecule has 0 saturated carbocycles. The molecule has 0 N–H and O–H groups in total. The van der Waals surface area contributed by atoms with E-state index in [1.165, 1.54) is 65.5 Å². The van der Waals surface area contributed by atoms with E-state index in [4.69, 9.17) is 0 Å². The van der Waals surface area contributed by atoms with Crippen molar-refractivity contribution >= 4 is 5.78 Å². The Morgan fingerprint density at radius 3 is 2.29 bits per heavy atom. The average molecular weight is 507 g/mol. The van der Waals surface area contributed by atoms with Crippen LogP contribution in [0.25, 0.3) is 0 Å². The minimum absolute atomic E-state index is 0.211. The molecule has 0 aliphatic heterocycles. The lowest BCUT2D eigenvalue weighted by Gasteiger charge is -2.27. The molecule has 4 rings (SSSR count). The number of benzene rings is 2. The van der Waals surface area contributed by atoms with Gasteiger partial charge < -0.3 is 0 Å². The van der Waals surface area contributed by atoms with Gasteiger partial charge in [0, 0.05) is 6.42 Å². The Morgan fingerprint density at radius 2 is 1.55 bits per heavy atom. The van der Waals surface area contributed by atoms with Gasteiger partial charge in [-0.05, 0) is 90.2 Å². The molecule has 3 unspecified atom stereocenters. The molecule has 0 radical (unpaired) electrons. The van der Waals surface area contributed by atoms with Gasteiger partial charge >= 0.3 is 0 Å². The maximum absolute atomic E-state index is 12.7. The second-order valence-corrected chi connectivity index (χ2v) is 11.5. The van der Waals surface area contributed by atoms with Crippen LogP contribution in [0.2, 0.25) is 0 Å².